The highest BCUT2D eigenvalue weighted by Gasteiger charge is 2.13. The molecule has 1 rings (SSSR count). The quantitative estimate of drug-likeness (QED) is 0.689. The molecule has 0 aliphatic carbocycles. The second-order valence-electron chi connectivity index (χ2n) is 4.07. The number of rotatable bonds is 8. The van der Waals surface area contributed by atoms with Crippen molar-refractivity contribution in [1.82, 2.24) is 0 Å². The summed E-state index contributed by atoms with van der Waals surface area (Å²) in [5.74, 6) is 0. The van der Waals surface area contributed by atoms with E-state index in [9.17, 15) is 5.26 Å². The molecule has 0 heterocycles. The number of ether oxygens (including phenoxy) is 2. The van der Waals surface area contributed by atoms with Crippen LogP contribution in [0.25, 0.3) is 0 Å². The predicted octanol–water partition coefficient (Wildman–Crippen LogP) is 2.81. The molecule has 1 aromatic carbocycles. The topological polar surface area (TPSA) is 45.5 Å². The maximum Gasteiger partial charge on any atom is 0.103 e. The van der Waals surface area contributed by atoms with Crippen molar-refractivity contribution in [3.63, 3.8) is 0 Å². The Bertz CT molecular complexity index is 432. The monoisotopic (exact) mass is 326 g/mol. The summed E-state index contributed by atoms with van der Waals surface area (Å²) in [4.78, 5) is 2.16. The maximum atomic E-state index is 9.28. The molecule has 0 aliphatic heterocycles. The number of methoxy groups -OCH3 is 2. The van der Waals surface area contributed by atoms with Gasteiger partial charge in [-0.25, -0.2) is 0 Å². The minimum absolute atomic E-state index is 0.629. The third-order valence-electron chi connectivity index (χ3n) is 2.79. The van der Waals surface area contributed by atoms with Crippen molar-refractivity contribution in [3.05, 3.63) is 28.2 Å². The summed E-state index contributed by atoms with van der Waals surface area (Å²) in [5.41, 5.74) is 1.60. The molecule has 0 N–H and O–H groups in total. The van der Waals surface area contributed by atoms with Crippen LogP contribution in [0.1, 0.15) is 12.0 Å². The average Bonchev–Trinajstić information content (AvgIpc) is 2.42. The lowest BCUT2D eigenvalue weighted by Gasteiger charge is -2.25. The normalized spacial score (nSPS) is 10.2. The first-order valence-corrected chi connectivity index (χ1v) is 6.95. The van der Waals surface area contributed by atoms with Crippen molar-refractivity contribution < 1.29 is 9.47 Å². The van der Waals surface area contributed by atoms with E-state index in [1.165, 1.54) is 0 Å². The van der Waals surface area contributed by atoms with E-state index >= 15 is 0 Å². The van der Waals surface area contributed by atoms with Crippen molar-refractivity contribution >= 4 is 21.6 Å². The van der Waals surface area contributed by atoms with Crippen LogP contribution in [-0.4, -0.2) is 40.5 Å². The fraction of sp³-hybridized carbons (Fsp3) is 0.500. The van der Waals surface area contributed by atoms with Crippen molar-refractivity contribution in [2.24, 2.45) is 0 Å². The van der Waals surface area contributed by atoms with Gasteiger partial charge in [0.25, 0.3) is 0 Å². The van der Waals surface area contributed by atoms with Gasteiger partial charge < -0.3 is 14.4 Å². The molecule has 0 bridgehead atoms. The number of hydrogen-bond acceptors (Lipinski definition) is 4. The predicted molar refractivity (Wildman–Crippen MR) is 79.4 cm³/mol. The van der Waals surface area contributed by atoms with Crippen molar-refractivity contribution in [2.75, 3.05) is 45.4 Å². The maximum absolute atomic E-state index is 9.28. The Morgan fingerprint density at radius 1 is 1.21 bits per heavy atom. The Balaban J connectivity index is 2.89. The van der Waals surface area contributed by atoms with Crippen LogP contribution in [0.2, 0.25) is 0 Å². The molecule has 0 spiro atoms. The Labute approximate surface area is 123 Å². The van der Waals surface area contributed by atoms with Crippen LogP contribution in [-0.2, 0) is 9.47 Å². The second-order valence-corrected chi connectivity index (χ2v) is 4.93. The summed E-state index contributed by atoms with van der Waals surface area (Å²) in [6.45, 7) is 2.93. The highest BCUT2D eigenvalue weighted by Crippen LogP contribution is 2.27. The summed E-state index contributed by atoms with van der Waals surface area (Å²) in [7, 11) is 3.37. The molecular formula is C14H19BrN2O2. The van der Waals surface area contributed by atoms with E-state index in [1.807, 2.05) is 18.2 Å². The number of anilines is 1. The summed E-state index contributed by atoms with van der Waals surface area (Å²) in [6, 6.07) is 8.04. The molecule has 104 valence electrons. The van der Waals surface area contributed by atoms with Gasteiger partial charge in [-0.1, -0.05) is 6.07 Å². The second kappa shape index (κ2) is 8.92. The van der Waals surface area contributed by atoms with Crippen molar-refractivity contribution in [3.8, 4) is 6.07 Å². The Morgan fingerprint density at radius 3 is 2.58 bits per heavy atom. The van der Waals surface area contributed by atoms with Crippen LogP contribution in [0, 0.1) is 11.3 Å². The average molecular weight is 327 g/mol. The van der Waals surface area contributed by atoms with E-state index in [0.717, 1.165) is 29.7 Å². The number of nitrogens with zero attached hydrogens (tertiary/aromatic N) is 2. The van der Waals surface area contributed by atoms with Crippen molar-refractivity contribution in [1.29, 1.82) is 5.26 Å². The highest BCUT2D eigenvalue weighted by molar-refractivity contribution is 9.10. The smallest absolute Gasteiger partial charge is 0.103 e. The van der Waals surface area contributed by atoms with Crippen molar-refractivity contribution in [2.45, 2.75) is 6.42 Å². The van der Waals surface area contributed by atoms with E-state index in [2.05, 4.69) is 26.9 Å². The van der Waals surface area contributed by atoms with Crippen LogP contribution >= 0.6 is 15.9 Å². The summed E-state index contributed by atoms with van der Waals surface area (Å²) in [6.07, 6.45) is 0.914. The van der Waals surface area contributed by atoms with Gasteiger partial charge in [-0.2, -0.15) is 5.26 Å². The Morgan fingerprint density at radius 2 is 1.95 bits per heavy atom. The molecule has 19 heavy (non-hydrogen) atoms. The zero-order valence-electron chi connectivity index (χ0n) is 11.4. The van der Waals surface area contributed by atoms with Gasteiger partial charge in [-0.15, -0.1) is 0 Å². The number of nitriles is 1. The molecule has 4 nitrogen and oxygen atoms in total. The summed E-state index contributed by atoms with van der Waals surface area (Å²) < 4.78 is 11.0. The van der Waals surface area contributed by atoms with Gasteiger partial charge in [0, 0.05) is 38.4 Å². The zero-order chi connectivity index (χ0) is 14.1. The van der Waals surface area contributed by atoms with Gasteiger partial charge in [0.05, 0.1) is 17.9 Å². The van der Waals surface area contributed by atoms with Crippen LogP contribution in [0.4, 0.5) is 5.69 Å². The van der Waals surface area contributed by atoms with Crippen LogP contribution in [0.3, 0.4) is 0 Å². The fourth-order valence-electron chi connectivity index (χ4n) is 1.84. The first kappa shape index (κ1) is 16.0. The Kier molecular flexibility index (Phi) is 7.49. The van der Waals surface area contributed by atoms with Gasteiger partial charge in [0.1, 0.15) is 6.07 Å². The highest BCUT2D eigenvalue weighted by atomic mass is 79.9. The van der Waals surface area contributed by atoms with E-state index < -0.39 is 0 Å². The molecule has 0 unspecified atom stereocenters. The third kappa shape index (κ3) is 4.83. The first-order chi connectivity index (χ1) is 9.24. The number of benzene rings is 1. The van der Waals surface area contributed by atoms with E-state index in [1.54, 1.807) is 14.2 Å². The molecule has 0 fully saturated rings. The molecule has 0 aromatic heterocycles. The molecule has 5 heteroatoms. The standard InChI is InChI=1S/C14H19BrN2O2/c1-18-9-4-7-17(8-10-19-2)14-6-3-5-13(15)12(14)11-16/h3,5-6H,4,7-10H2,1-2H3. The largest absolute Gasteiger partial charge is 0.385 e. The van der Waals surface area contributed by atoms with Gasteiger partial charge in [0.15, 0.2) is 0 Å². The number of halogens is 1. The van der Waals surface area contributed by atoms with Crippen LogP contribution < -0.4 is 4.90 Å². The van der Waals surface area contributed by atoms with E-state index in [4.69, 9.17) is 9.47 Å². The first-order valence-electron chi connectivity index (χ1n) is 6.16. The molecule has 0 radical (unpaired) electrons. The number of hydrogen-bond donors (Lipinski definition) is 0. The lowest BCUT2D eigenvalue weighted by atomic mass is 10.1. The molecule has 0 saturated heterocycles. The SMILES string of the molecule is COCCCN(CCOC)c1cccc(Br)c1C#N. The molecule has 0 saturated carbocycles. The summed E-state index contributed by atoms with van der Waals surface area (Å²) in [5, 5.41) is 9.28. The van der Waals surface area contributed by atoms with Crippen LogP contribution in [0.15, 0.2) is 22.7 Å². The lowest BCUT2D eigenvalue weighted by molar-refractivity contribution is 0.191. The Hall–Kier alpha value is -1.09. The molecular weight excluding hydrogens is 308 g/mol. The third-order valence-corrected chi connectivity index (χ3v) is 3.45. The minimum atomic E-state index is 0.629. The summed E-state index contributed by atoms with van der Waals surface area (Å²) >= 11 is 3.42. The minimum Gasteiger partial charge on any atom is -0.385 e. The molecule has 0 amide bonds. The lowest BCUT2D eigenvalue weighted by Crippen LogP contribution is -2.29. The molecule has 0 aliphatic rings. The molecule has 0 atom stereocenters. The van der Waals surface area contributed by atoms with Gasteiger partial charge in [-0.05, 0) is 34.5 Å². The van der Waals surface area contributed by atoms with Gasteiger partial charge >= 0.3 is 0 Å². The van der Waals surface area contributed by atoms with Crippen LogP contribution in [0.5, 0.6) is 0 Å². The van der Waals surface area contributed by atoms with E-state index in [-0.39, 0.29) is 0 Å². The molecule has 1 aromatic rings. The van der Waals surface area contributed by atoms with Gasteiger partial charge in [0.2, 0.25) is 0 Å². The van der Waals surface area contributed by atoms with Gasteiger partial charge in [-0.3, -0.25) is 0 Å². The fourth-order valence-corrected chi connectivity index (χ4v) is 2.29. The zero-order valence-corrected chi connectivity index (χ0v) is 12.9. The van der Waals surface area contributed by atoms with E-state index in [0.29, 0.717) is 18.8 Å².